The highest BCUT2D eigenvalue weighted by Gasteiger charge is 2.26. The molecule has 2 heterocycles. The van der Waals surface area contributed by atoms with Gasteiger partial charge in [-0.1, -0.05) is 41.9 Å². The third kappa shape index (κ3) is 3.56. The second kappa shape index (κ2) is 8.55. The number of hydrogen-bond acceptors (Lipinski definition) is 3. The van der Waals surface area contributed by atoms with Gasteiger partial charge in [-0.05, 0) is 56.7 Å². The maximum Gasteiger partial charge on any atom is 0.339 e. The Morgan fingerprint density at radius 2 is 1.66 bits per heavy atom. The molecule has 0 spiro atoms. The molecule has 0 atom stereocenters. The van der Waals surface area contributed by atoms with E-state index in [2.05, 4.69) is 0 Å². The van der Waals surface area contributed by atoms with E-state index in [1.807, 2.05) is 72.6 Å². The van der Waals surface area contributed by atoms with Crippen molar-refractivity contribution in [2.75, 3.05) is 6.61 Å². The van der Waals surface area contributed by atoms with Crippen molar-refractivity contribution in [2.45, 2.75) is 20.8 Å². The lowest BCUT2D eigenvalue weighted by Gasteiger charge is -2.11. The van der Waals surface area contributed by atoms with Gasteiger partial charge in [0.1, 0.15) is 5.69 Å². The molecule has 0 radical (unpaired) electrons. The van der Waals surface area contributed by atoms with Crippen LogP contribution < -0.4 is 5.56 Å². The van der Waals surface area contributed by atoms with Crippen LogP contribution in [0, 0.1) is 13.8 Å². The van der Waals surface area contributed by atoms with E-state index in [0.29, 0.717) is 27.7 Å². The highest BCUT2D eigenvalue weighted by Crippen LogP contribution is 2.31. The number of carbonyl (C=O) groups is 1. The van der Waals surface area contributed by atoms with Gasteiger partial charge in [-0.25, -0.2) is 9.48 Å². The van der Waals surface area contributed by atoms with Crippen molar-refractivity contribution in [1.82, 2.24) is 13.9 Å². The molecule has 32 heavy (non-hydrogen) atoms. The Labute approximate surface area is 191 Å². The van der Waals surface area contributed by atoms with Crippen molar-refractivity contribution >= 4 is 17.6 Å². The molecule has 0 amide bonds. The Balaban J connectivity index is 2.03. The first-order chi connectivity index (χ1) is 15.3. The Morgan fingerprint density at radius 1 is 1.00 bits per heavy atom. The van der Waals surface area contributed by atoms with Gasteiger partial charge in [0.25, 0.3) is 5.56 Å². The van der Waals surface area contributed by atoms with Gasteiger partial charge >= 0.3 is 5.97 Å². The van der Waals surface area contributed by atoms with Gasteiger partial charge in [0, 0.05) is 17.8 Å². The van der Waals surface area contributed by atoms with Crippen molar-refractivity contribution in [1.29, 1.82) is 0 Å². The summed E-state index contributed by atoms with van der Waals surface area (Å²) in [5.41, 5.74) is 4.44. The molecule has 0 aliphatic carbocycles. The van der Waals surface area contributed by atoms with Gasteiger partial charge in [-0.3, -0.25) is 9.48 Å². The van der Waals surface area contributed by atoms with E-state index in [-0.39, 0.29) is 12.2 Å². The van der Waals surface area contributed by atoms with Gasteiger partial charge in [-0.15, -0.1) is 0 Å². The molecule has 7 heteroatoms. The number of hydrogen-bond donors (Lipinski definition) is 0. The second-order valence-electron chi connectivity index (χ2n) is 7.50. The van der Waals surface area contributed by atoms with Crippen LogP contribution in [0.2, 0.25) is 5.02 Å². The lowest BCUT2D eigenvalue weighted by molar-refractivity contribution is 0.0525. The predicted molar refractivity (Wildman–Crippen MR) is 126 cm³/mol. The molecule has 4 rings (SSSR count). The minimum Gasteiger partial charge on any atom is -0.462 e. The average Bonchev–Trinajstić information content (AvgIpc) is 3.22. The van der Waals surface area contributed by atoms with Gasteiger partial charge in [0.05, 0.1) is 29.2 Å². The smallest absolute Gasteiger partial charge is 0.339 e. The van der Waals surface area contributed by atoms with Crippen LogP contribution in [0.15, 0.2) is 65.5 Å². The summed E-state index contributed by atoms with van der Waals surface area (Å²) in [5, 5.41) is 0.608. The molecule has 0 saturated carbocycles. The van der Waals surface area contributed by atoms with Crippen LogP contribution in [-0.4, -0.2) is 26.5 Å². The van der Waals surface area contributed by atoms with Crippen molar-refractivity contribution in [3.05, 3.63) is 93.0 Å². The molecule has 6 nitrogen and oxygen atoms in total. The fraction of sp³-hybridized carbons (Fsp3) is 0.200. The van der Waals surface area contributed by atoms with Gasteiger partial charge in [0.15, 0.2) is 0 Å². The normalized spacial score (nSPS) is 11.0. The summed E-state index contributed by atoms with van der Waals surface area (Å²) < 4.78 is 10.6. The first-order valence-corrected chi connectivity index (χ1v) is 10.7. The summed E-state index contributed by atoms with van der Waals surface area (Å²) in [4.78, 5) is 26.4. The number of benzene rings is 2. The van der Waals surface area contributed by atoms with E-state index in [9.17, 15) is 9.59 Å². The summed E-state index contributed by atoms with van der Waals surface area (Å²) in [5.74, 6) is -0.420. The zero-order valence-corrected chi connectivity index (χ0v) is 19.2. The quantitative estimate of drug-likeness (QED) is 0.399. The Hall–Kier alpha value is -3.51. The van der Waals surface area contributed by atoms with Crippen LogP contribution in [0.5, 0.6) is 0 Å². The summed E-state index contributed by atoms with van der Waals surface area (Å²) >= 11 is 6.09. The Morgan fingerprint density at radius 3 is 2.28 bits per heavy atom. The van der Waals surface area contributed by atoms with E-state index in [4.69, 9.17) is 16.3 Å². The third-order valence-electron chi connectivity index (χ3n) is 5.63. The molecule has 0 N–H and O–H groups in total. The summed E-state index contributed by atoms with van der Waals surface area (Å²) in [6, 6.07) is 18.6. The number of rotatable bonds is 5. The number of carbonyl (C=O) groups excluding carboxylic acids is 1. The molecule has 2 aromatic heterocycles. The van der Waals surface area contributed by atoms with Gasteiger partial charge in [-0.2, -0.15) is 0 Å². The average molecular weight is 450 g/mol. The summed E-state index contributed by atoms with van der Waals surface area (Å²) in [6.07, 6.45) is 0. The van der Waals surface area contributed by atoms with Crippen molar-refractivity contribution < 1.29 is 9.53 Å². The van der Waals surface area contributed by atoms with Crippen molar-refractivity contribution in [3.8, 4) is 22.6 Å². The summed E-state index contributed by atoms with van der Waals surface area (Å²) in [6.45, 7) is 5.75. The van der Waals surface area contributed by atoms with Crippen LogP contribution in [0.4, 0.5) is 0 Å². The first-order valence-electron chi connectivity index (χ1n) is 10.3. The maximum absolute atomic E-state index is 13.7. The Kier molecular flexibility index (Phi) is 5.80. The molecule has 0 saturated heterocycles. The highest BCUT2D eigenvalue weighted by atomic mass is 35.5. The second-order valence-corrected chi connectivity index (χ2v) is 7.94. The molecule has 0 aliphatic heterocycles. The highest BCUT2D eigenvalue weighted by molar-refractivity contribution is 6.30. The minimum absolute atomic E-state index is 0.180. The van der Waals surface area contributed by atoms with Gasteiger partial charge < -0.3 is 9.30 Å². The predicted octanol–water partition coefficient (Wildman–Crippen LogP) is 5.08. The molecule has 0 unspecified atom stereocenters. The first kappa shape index (κ1) is 21.7. The lowest BCUT2D eigenvalue weighted by Crippen LogP contribution is -2.22. The van der Waals surface area contributed by atoms with E-state index in [1.165, 1.54) is 0 Å². The van der Waals surface area contributed by atoms with E-state index in [0.717, 1.165) is 16.9 Å². The number of halogens is 1. The van der Waals surface area contributed by atoms with Crippen LogP contribution in [0.1, 0.15) is 28.7 Å². The fourth-order valence-electron chi connectivity index (χ4n) is 3.96. The molecule has 164 valence electrons. The molecule has 4 aromatic rings. The molecule has 0 fully saturated rings. The van der Waals surface area contributed by atoms with Crippen LogP contribution in [-0.2, 0) is 11.8 Å². The number of ether oxygens (including phenoxy) is 1. The van der Waals surface area contributed by atoms with Crippen molar-refractivity contribution in [3.63, 3.8) is 0 Å². The van der Waals surface area contributed by atoms with Crippen molar-refractivity contribution in [2.24, 2.45) is 7.05 Å². The van der Waals surface area contributed by atoms with E-state index in [1.54, 1.807) is 29.8 Å². The molecule has 0 bridgehead atoms. The number of aromatic nitrogens is 3. The zero-order chi connectivity index (χ0) is 23.0. The molecule has 0 aliphatic rings. The van der Waals surface area contributed by atoms with Crippen LogP contribution in [0.3, 0.4) is 0 Å². The fourth-order valence-corrected chi connectivity index (χ4v) is 4.08. The number of nitrogens with zero attached hydrogens (tertiary/aromatic N) is 3. The third-order valence-corrected chi connectivity index (χ3v) is 5.88. The molecular weight excluding hydrogens is 426 g/mol. The van der Waals surface area contributed by atoms with Crippen LogP contribution >= 0.6 is 11.6 Å². The van der Waals surface area contributed by atoms with E-state index >= 15 is 0 Å². The number of para-hydroxylation sites is 1. The standard InChI is InChI=1S/C25H24ClN3O3/c1-5-32-25(31)21-15-22(18-11-13-19(26)14-12-18)28(16(21)2)23-17(3)27(4)29(24(23)30)20-9-7-6-8-10-20/h6-15H,5H2,1-4H3. The van der Waals surface area contributed by atoms with E-state index < -0.39 is 5.97 Å². The van der Waals surface area contributed by atoms with Crippen LogP contribution in [0.25, 0.3) is 22.6 Å². The molecular formula is C25H24ClN3O3. The largest absolute Gasteiger partial charge is 0.462 e. The number of esters is 1. The minimum atomic E-state index is -0.420. The van der Waals surface area contributed by atoms with Gasteiger partial charge in [0.2, 0.25) is 0 Å². The zero-order valence-electron chi connectivity index (χ0n) is 18.4. The monoisotopic (exact) mass is 449 g/mol. The Bertz CT molecular complexity index is 1350. The SMILES string of the molecule is CCOC(=O)c1cc(-c2ccc(Cl)cc2)n(-c2c(C)n(C)n(-c3ccccc3)c2=O)c1C. The molecule has 2 aromatic carbocycles. The maximum atomic E-state index is 13.7. The summed E-state index contributed by atoms with van der Waals surface area (Å²) in [7, 11) is 1.85. The lowest BCUT2D eigenvalue weighted by atomic mass is 10.1. The topological polar surface area (TPSA) is 58.2 Å².